The second kappa shape index (κ2) is 9.65. The highest BCUT2D eigenvalue weighted by atomic mass is 32.2. The highest BCUT2D eigenvalue weighted by Gasteiger charge is 2.19. The Bertz CT molecular complexity index is 770. The van der Waals surface area contributed by atoms with Crippen molar-refractivity contribution in [3.8, 4) is 0 Å². The van der Waals surface area contributed by atoms with Crippen LogP contribution in [0.4, 0.5) is 5.69 Å². The van der Waals surface area contributed by atoms with Gasteiger partial charge in [0.2, 0.25) is 0 Å². The molecule has 0 radical (unpaired) electrons. The fraction of sp³-hybridized carbons (Fsp3) is 0.429. The lowest BCUT2D eigenvalue weighted by molar-refractivity contribution is -0.112. The average molecular weight is 387 g/mol. The summed E-state index contributed by atoms with van der Waals surface area (Å²) in [5, 5.41) is 5.83. The molecule has 6 heteroatoms. The maximum absolute atomic E-state index is 12.4. The van der Waals surface area contributed by atoms with Crippen molar-refractivity contribution in [2.45, 2.75) is 39.0 Å². The molecule has 2 amide bonds. The van der Waals surface area contributed by atoms with E-state index in [1.807, 2.05) is 0 Å². The van der Waals surface area contributed by atoms with E-state index in [1.54, 1.807) is 31.2 Å². The van der Waals surface area contributed by atoms with Gasteiger partial charge in [-0.05, 0) is 57.2 Å². The van der Waals surface area contributed by atoms with E-state index in [0.717, 1.165) is 25.0 Å². The van der Waals surface area contributed by atoms with Gasteiger partial charge in [-0.3, -0.25) is 9.59 Å². The molecule has 1 aromatic carbocycles. The Hall–Kier alpha value is -2.21. The Morgan fingerprint density at radius 3 is 2.89 bits per heavy atom. The molecule has 0 atom stereocenters. The van der Waals surface area contributed by atoms with Crippen LogP contribution in [0.25, 0.3) is 0 Å². The Labute approximate surface area is 164 Å². The SMILES string of the molecule is CC1=C(C(=O)Nc2cccc(C(=O)NCCC3=CCCCC3)c2)SCCO1. The Kier molecular flexibility index (Phi) is 6.98. The number of anilines is 1. The first kappa shape index (κ1) is 19.5. The van der Waals surface area contributed by atoms with Gasteiger partial charge in [-0.15, -0.1) is 11.8 Å². The molecule has 1 aromatic rings. The number of hydrogen-bond acceptors (Lipinski definition) is 4. The molecule has 0 saturated carbocycles. The minimum absolute atomic E-state index is 0.117. The zero-order valence-electron chi connectivity index (χ0n) is 15.7. The average Bonchev–Trinajstić information content (AvgIpc) is 2.69. The Morgan fingerprint density at radius 1 is 1.22 bits per heavy atom. The predicted molar refractivity (Wildman–Crippen MR) is 110 cm³/mol. The van der Waals surface area contributed by atoms with Crippen LogP contribution in [-0.2, 0) is 9.53 Å². The van der Waals surface area contributed by atoms with Crippen LogP contribution in [0.15, 0.2) is 46.6 Å². The van der Waals surface area contributed by atoms with Crippen molar-refractivity contribution in [2.75, 3.05) is 24.2 Å². The van der Waals surface area contributed by atoms with Crippen LogP contribution in [-0.4, -0.2) is 30.7 Å². The van der Waals surface area contributed by atoms with Gasteiger partial charge in [0.1, 0.15) is 10.7 Å². The summed E-state index contributed by atoms with van der Waals surface area (Å²) in [5.74, 6) is 1.10. The van der Waals surface area contributed by atoms with Crippen LogP contribution in [0.5, 0.6) is 0 Å². The van der Waals surface area contributed by atoms with Gasteiger partial charge in [-0.1, -0.05) is 17.7 Å². The first-order valence-electron chi connectivity index (χ1n) is 9.47. The van der Waals surface area contributed by atoms with E-state index in [1.165, 1.54) is 30.2 Å². The van der Waals surface area contributed by atoms with Crippen molar-refractivity contribution in [1.29, 1.82) is 0 Å². The lowest BCUT2D eigenvalue weighted by atomic mass is 9.97. The maximum Gasteiger partial charge on any atom is 0.265 e. The van der Waals surface area contributed by atoms with Crippen molar-refractivity contribution >= 4 is 29.3 Å². The number of benzene rings is 1. The molecular formula is C21H26N2O3S. The van der Waals surface area contributed by atoms with E-state index < -0.39 is 0 Å². The number of nitrogens with one attached hydrogen (secondary N) is 2. The summed E-state index contributed by atoms with van der Waals surface area (Å²) in [6.45, 7) is 3.06. The summed E-state index contributed by atoms with van der Waals surface area (Å²) in [5.41, 5.74) is 2.59. The summed E-state index contributed by atoms with van der Waals surface area (Å²) < 4.78 is 5.43. The fourth-order valence-electron chi connectivity index (χ4n) is 3.23. The predicted octanol–water partition coefficient (Wildman–Crippen LogP) is 4.24. The third-order valence-electron chi connectivity index (χ3n) is 4.67. The first-order chi connectivity index (χ1) is 13.1. The van der Waals surface area contributed by atoms with E-state index in [2.05, 4.69) is 16.7 Å². The summed E-state index contributed by atoms with van der Waals surface area (Å²) in [6, 6.07) is 7.02. The van der Waals surface area contributed by atoms with E-state index >= 15 is 0 Å². The summed E-state index contributed by atoms with van der Waals surface area (Å²) in [4.78, 5) is 25.4. The van der Waals surface area contributed by atoms with Crippen molar-refractivity contribution in [3.63, 3.8) is 0 Å². The third-order valence-corrected chi connectivity index (χ3v) is 5.81. The number of rotatable bonds is 6. The number of thioether (sulfide) groups is 1. The summed E-state index contributed by atoms with van der Waals surface area (Å²) >= 11 is 1.49. The van der Waals surface area contributed by atoms with Crippen molar-refractivity contribution in [1.82, 2.24) is 5.32 Å². The van der Waals surface area contributed by atoms with Gasteiger partial charge in [0.15, 0.2) is 0 Å². The Morgan fingerprint density at radius 2 is 2.11 bits per heavy atom. The van der Waals surface area contributed by atoms with Gasteiger partial charge in [0.05, 0.1) is 6.61 Å². The quantitative estimate of drug-likeness (QED) is 0.718. The second-order valence-electron chi connectivity index (χ2n) is 6.73. The van der Waals surface area contributed by atoms with Crippen molar-refractivity contribution in [3.05, 3.63) is 52.1 Å². The topological polar surface area (TPSA) is 67.4 Å². The molecule has 0 bridgehead atoms. The lowest BCUT2D eigenvalue weighted by Crippen LogP contribution is -2.25. The van der Waals surface area contributed by atoms with Gasteiger partial charge in [0.25, 0.3) is 11.8 Å². The number of ether oxygens (including phenoxy) is 1. The summed E-state index contributed by atoms with van der Waals surface area (Å²) in [7, 11) is 0. The lowest BCUT2D eigenvalue weighted by Gasteiger charge is -2.18. The molecule has 0 saturated heterocycles. The van der Waals surface area contributed by atoms with Crippen LogP contribution in [0.2, 0.25) is 0 Å². The number of hydrogen-bond donors (Lipinski definition) is 2. The van der Waals surface area contributed by atoms with Crippen LogP contribution in [0, 0.1) is 0 Å². The van der Waals surface area contributed by atoms with Gasteiger partial charge < -0.3 is 15.4 Å². The molecule has 1 heterocycles. The molecule has 0 fully saturated rings. The van der Waals surface area contributed by atoms with E-state index in [9.17, 15) is 9.59 Å². The molecule has 0 aromatic heterocycles. The molecule has 27 heavy (non-hydrogen) atoms. The minimum atomic E-state index is -0.195. The van der Waals surface area contributed by atoms with E-state index in [4.69, 9.17) is 4.74 Å². The molecule has 0 unspecified atom stereocenters. The normalized spacial score (nSPS) is 17.0. The van der Waals surface area contributed by atoms with Crippen molar-refractivity contribution in [2.24, 2.45) is 0 Å². The zero-order valence-corrected chi connectivity index (χ0v) is 16.5. The van der Waals surface area contributed by atoms with Crippen LogP contribution in [0.1, 0.15) is 49.4 Å². The molecule has 3 rings (SSSR count). The summed E-state index contributed by atoms with van der Waals surface area (Å²) in [6.07, 6.45) is 8.04. The molecule has 2 aliphatic rings. The van der Waals surface area contributed by atoms with Crippen LogP contribution >= 0.6 is 11.8 Å². The van der Waals surface area contributed by atoms with Crippen molar-refractivity contribution < 1.29 is 14.3 Å². The highest BCUT2D eigenvalue weighted by Crippen LogP contribution is 2.26. The molecule has 1 aliphatic carbocycles. The largest absolute Gasteiger partial charge is 0.496 e. The molecule has 144 valence electrons. The number of carbonyl (C=O) groups is 2. The Balaban J connectivity index is 1.55. The molecule has 1 aliphatic heterocycles. The minimum Gasteiger partial charge on any atom is -0.496 e. The molecule has 5 nitrogen and oxygen atoms in total. The fourth-order valence-corrected chi connectivity index (χ4v) is 4.04. The monoisotopic (exact) mass is 386 g/mol. The number of amides is 2. The standard InChI is InChI=1S/C21H26N2O3S/c1-15-19(27-13-12-26-15)21(25)23-18-9-5-8-17(14-18)20(24)22-11-10-16-6-3-2-4-7-16/h5-6,8-9,14H,2-4,7,10-13H2,1H3,(H,22,24)(H,23,25). The number of allylic oxidation sites excluding steroid dienone is 2. The highest BCUT2D eigenvalue weighted by molar-refractivity contribution is 8.04. The zero-order chi connectivity index (χ0) is 19.1. The van der Waals surface area contributed by atoms with Gasteiger partial charge >= 0.3 is 0 Å². The third kappa shape index (κ3) is 5.63. The van der Waals surface area contributed by atoms with E-state index in [-0.39, 0.29) is 11.8 Å². The van der Waals surface area contributed by atoms with Crippen LogP contribution in [0.3, 0.4) is 0 Å². The smallest absolute Gasteiger partial charge is 0.265 e. The molecule has 0 spiro atoms. The van der Waals surface area contributed by atoms with Crippen LogP contribution < -0.4 is 10.6 Å². The molecule has 2 N–H and O–H groups in total. The molecular weight excluding hydrogens is 360 g/mol. The maximum atomic E-state index is 12.4. The second-order valence-corrected chi connectivity index (χ2v) is 7.84. The van der Waals surface area contributed by atoms with Gasteiger partial charge in [0, 0.05) is 23.5 Å². The van der Waals surface area contributed by atoms with Gasteiger partial charge in [-0.2, -0.15) is 0 Å². The number of carbonyl (C=O) groups excluding carboxylic acids is 2. The van der Waals surface area contributed by atoms with E-state index in [0.29, 0.717) is 35.1 Å². The first-order valence-corrected chi connectivity index (χ1v) is 10.5. The van der Waals surface area contributed by atoms with Gasteiger partial charge in [-0.25, -0.2) is 0 Å².